The molecule has 4 nitrogen and oxygen atoms in total. The number of benzene rings is 2. The fraction of sp³-hybridized carbons (Fsp3) is 0.364. The number of piperidine rings is 1. The number of hydrogen-bond donors (Lipinski definition) is 0. The smallest absolute Gasteiger partial charge is 0.314 e. The maximum atomic E-state index is 13.3. The Morgan fingerprint density at radius 2 is 1.64 bits per heavy atom. The molecule has 0 spiro atoms. The lowest BCUT2D eigenvalue weighted by Gasteiger charge is -2.41. The first kappa shape index (κ1) is 20.0. The number of esters is 1. The van der Waals surface area contributed by atoms with E-state index in [0.29, 0.717) is 31.4 Å². The zero-order valence-corrected chi connectivity index (χ0v) is 15.8. The molecule has 1 unspecified atom stereocenters. The second-order valence-electron chi connectivity index (χ2n) is 7.14. The van der Waals surface area contributed by atoms with E-state index in [2.05, 4.69) is 0 Å². The van der Waals surface area contributed by atoms with Gasteiger partial charge in [0.25, 0.3) is 5.91 Å². The summed E-state index contributed by atoms with van der Waals surface area (Å²) in [6.07, 6.45) is 1.59. The monoisotopic (exact) mass is 387 g/mol. The van der Waals surface area contributed by atoms with Crippen molar-refractivity contribution in [2.45, 2.75) is 26.2 Å². The molecule has 0 radical (unpaired) electrons. The molecular weight excluding hydrogens is 364 g/mol. The molecule has 0 saturated carbocycles. The molecular formula is C22H23F2NO3. The maximum Gasteiger partial charge on any atom is 0.314 e. The maximum absolute atomic E-state index is 13.3. The van der Waals surface area contributed by atoms with Crippen molar-refractivity contribution in [3.05, 3.63) is 71.3 Å². The molecule has 1 aliphatic rings. The van der Waals surface area contributed by atoms with E-state index in [1.54, 1.807) is 24.0 Å². The van der Waals surface area contributed by atoms with Crippen molar-refractivity contribution in [3.8, 4) is 0 Å². The second-order valence-corrected chi connectivity index (χ2v) is 7.14. The van der Waals surface area contributed by atoms with Gasteiger partial charge in [-0.05, 0) is 68.1 Å². The lowest BCUT2D eigenvalue weighted by molar-refractivity contribution is -0.158. The van der Waals surface area contributed by atoms with Gasteiger partial charge >= 0.3 is 5.97 Å². The summed E-state index contributed by atoms with van der Waals surface area (Å²) >= 11 is 0. The van der Waals surface area contributed by atoms with Crippen LogP contribution in [0.5, 0.6) is 0 Å². The topological polar surface area (TPSA) is 46.6 Å². The summed E-state index contributed by atoms with van der Waals surface area (Å²) in [5, 5.41) is 0. The molecule has 3 rings (SSSR count). The average molecular weight is 387 g/mol. The Morgan fingerprint density at radius 3 is 2.25 bits per heavy atom. The van der Waals surface area contributed by atoms with Crippen LogP contribution in [0.25, 0.3) is 0 Å². The van der Waals surface area contributed by atoms with E-state index < -0.39 is 11.2 Å². The minimum absolute atomic E-state index is 0.208. The van der Waals surface area contributed by atoms with Crippen LogP contribution < -0.4 is 0 Å². The summed E-state index contributed by atoms with van der Waals surface area (Å²) in [4.78, 5) is 27.4. The molecule has 0 bridgehead atoms. The van der Waals surface area contributed by atoms with Crippen LogP contribution in [0.1, 0.15) is 35.7 Å². The van der Waals surface area contributed by atoms with Crippen LogP contribution in [-0.4, -0.2) is 36.5 Å². The normalized spacial score (nSPS) is 19.3. The van der Waals surface area contributed by atoms with Gasteiger partial charge in [0.2, 0.25) is 0 Å². The Labute approximate surface area is 163 Å². The molecule has 1 amide bonds. The van der Waals surface area contributed by atoms with Crippen LogP contribution in [0.2, 0.25) is 0 Å². The highest BCUT2D eigenvalue weighted by Crippen LogP contribution is 2.36. The summed E-state index contributed by atoms with van der Waals surface area (Å²) < 4.78 is 31.7. The van der Waals surface area contributed by atoms with Crippen molar-refractivity contribution in [2.75, 3.05) is 19.7 Å². The Bertz CT molecular complexity index is 836. The van der Waals surface area contributed by atoms with Crippen molar-refractivity contribution in [1.29, 1.82) is 0 Å². The molecule has 1 fully saturated rings. The standard InChI is InChI=1S/C22H23F2NO3/c1-2-28-21(27)22(14-16-4-8-18(23)9-5-16)12-3-13-25(15-22)20(26)17-6-10-19(24)11-7-17/h4-11H,2-3,12-15H2,1H3. The molecule has 1 atom stereocenters. The first-order chi connectivity index (χ1) is 13.4. The van der Waals surface area contributed by atoms with Crippen LogP contribution in [-0.2, 0) is 16.0 Å². The lowest BCUT2D eigenvalue weighted by atomic mass is 9.75. The molecule has 0 N–H and O–H groups in total. The van der Waals surface area contributed by atoms with E-state index in [1.165, 1.54) is 36.4 Å². The molecule has 148 valence electrons. The molecule has 1 aliphatic heterocycles. The van der Waals surface area contributed by atoms with E-state index >= 15 is 0 Å². The van der Waals surface area contributed by atoms with Crippen molar-refractivity contribution in [1.82, 2.24) is 4.90 Å². The predicted octanol–water partition coefficient (Wildman–Crippen LogP) is 3.99. The Morgan fingerprint density at radius 1 is 1.04 bits per heavy atom. The minimum atomic E-state index is -0.887. The molecule has 1 heterocycles. The van der Waals surface area contributed by atoms with E-state index in [0.717, 1.165) is 5.56 Å². The van der Waals surface area contributed by atoms with Gasteiger partial charge in [0.05, 0.1) is 12.0 Å². The van der Waals surface area contributed by atoms with Crippen molar-refractivity contribution < 1.29 is 23.1 Å². The SMILES string of the molecule is CCOC(=O)C1(Cc2ccc(F)cc2)CCCN(C(=O)c2ccc(F)cc2)C1. The van der Waals surface area contributed by atoms with Crippen molar-refractivity contribution in [2.24, 2.45) is 5.41 Å². The number of carbonyl (C=O) groups is 2. The Balaban J connectivity index is 1.86. The molecule has 2 aromatic rings. The highest BCUT2D eigenvalue weighted by atomic mass is 19.1. The molecule has 2 aromatic carbocycles. The van der Waals surface area contributed by atoms with Gasteiger partial charge in [-0.3, -0.25) is 9.59 Å². The number of carbonyl (C=O) groups excluding carboxylic acids is 2. The number of likely N-dealkylation sites (tertiary alicyclic amines) is 1. The number of halogens is 2. The molecule has 0 aliphatic carbocycles. The van der Waals surface area contributed by atoms with Crippen LogP contribution in [0.3, 0.4) is 0 Å². The van der Waals surface area contributed by atoms with Gasteiger partial charge in [0.1, 0.15) is 11.6 Å². The lowest BCUT2D eigenvalue weighted by Crippen LogP contribution is -2.51. The van der Waals surface area contributed by atoms with Gasteiger partial charge in [-0.1, -0.05) is 12.1 Å². The first-order valence-electron chi connectivity index (χ1n) is 9.40. The summed E-state index contributed by atoms with van der Waals surface area (Å²) in [6, 6.07) is 11.4. The highest BCUT2D eigenvalue weighted by molar-refractivity contribution is 5.94. The largest absolute Gasteiger partial charge is 0.466 e. The predicted molar refractivity (Wildman–Crippen MR) is 101 cm³/mol. The van der Waals surface area contributed by atoms with Gasteiger partial charge in [-0.15, -0.1) is 0 Å². The zero-order chi connectivity index (χ0) is 20.1. The number of hydrogen-bond acceptors (Lipinski definition) is 3. The van der Waals surface area contributed by atoms with Gasteiger partial charge in [0, 0.05) is 18.7 Å². The van der Waals surface area contributed by atoms with E-state index in [-0.39, 0.29) is 30.8 Å². The summed E-state index contributed by atoms with van der Waals surface area (Å²) in [5.74, 6) is -1.35. The van der Waals surface area contributed by atoms with Gasteiger partial charge in [-0.2, -0.15) is 0 Å². The van der Waals surface area contributed by atoms with Crippen LogP contribution in [0.4, 0.5) is 8.78 Å². The van der Waals surface area contributed by atoms with Crippen molar-refractivity contribution in [3.63, 3.8) is 0 Å². The van der Waals surface area contributed by atoms with Crippen molar-refractivity contribution >= 4 is 11.9 Å². The summed E-state index contributed by atoms with van der Waals surface area (Å²) in [7, 11) is 0. The molecule has 1 saturated heterocycles. The second kappa shape index (κ2) is 8.50. The number of rotatable bonds is 5. The van der Waals surface area contributed by atoms with Gasteiger partial charge in [-0.25, -0.2) is 8.78 Å². The molecule has 6 heteroatoms. The fourth-order valence-electron chi connectivity index (χ4n) is 3.74. The summed E-state index contributed by atoms with van der Waals surface area (Å²) in [5.41, 5.74) is 0.301. The Kier molecular flexibility index (Phi) is 6.07. The zero-order valence-electron chi connectivity index (χ0n) is 15.8. The number of nitrogens with zero attached hydrogens (tertiary/aromatic N) is 1. The van der Waals surface area contributed by atoms with E-state index in [9.17, 15) is 18.4 Å². The van der Waals surface area contributed by atoms with Gasteiger partial charge in [0.15, 0.2) is 0 Å². The van der Waals surface area contributed by atoms with Crippen LogP contribution in [0.15, 0.2) is 48.5 Å². The number of ether oxygens (including phenoxy) is 1. The first-order valence-corrected chi connectivity index (χ1v) is 9.40. The third-order valence-corrected chi connectivity index (χ3v) is 5.12. The van der Waals surface area contributed by atoms with Crippen LogP contribution >= 0.6 is 0 Å². The fourth-order valence-corrected chi connectivity index (χ4v) is 3.74. The van der Waals surface area contributed by atoms with E-state index in [4.69, 9.17) is 4.74 Å². The van der Waals surface area contributed by atoms with Crippen LogP contribution in [0, 0.1) is 17.0 Å². The summed E-state index contributed by atoms with van der Waals surface area (Å²) in [6.45, 7) is 2.71. The number of amides is 1. The third kappa shape index (κ3) is 4.38. The van der Waals surface area contributed by atoms with E-state index in [1.807, 2.05) is 0 Å². The quantitative estimate of drug-likeness (QED) is 0.729. The third-order valence-electron chi connectivity index (χ3n) is 5.12. The highest BCUT2D eigenvalue weighted by Gasteiger charge is 2.44. The van der Waals surface area contributed by atoms with Gasteiger partial charge < -0.3 is 9.64 Å². The Hall–Kier alpha value is -2.76. The molecule has 28 heavy (non-hydrogen) atoms. The molecule has 0 aromatic heterocycles. The minimum Gasteiger partial charge on any atom is -0.466 e. The average Bonchev–Trinajstić information content (AvgIpc) is 2.70.